The number of halogens is 1. The third kappa shape index (κ3) is 3.62. The van der Waals surface area contributed by atoms with E-state index in [0.29, 0.717) is 17.5 Å². The molecular weight excluding hydrogens is 371 g/mol. The Balaban J connectivity index is 1.75. The molecule has 1 saturated heterocycles. The van der Waals surface area contributed by atoms with Crippen molar-refractivity contribution in [3.8, 4) is 0 Å². The number of hydrogen-bond donors (Lipinski definition) is 1. The molecule has 1 saturated carbocycles. The first kappa shape index (κ1) is 15.8. The van der Waals surface area contributed by atoms with Crippen molar-refractivity contribution >= 4 is 22.6 Å². The van der Waals surface area contributed by atoms with Crippen LogP contribution in [0.3, 0.4) is 0 Å². The summed E-state index contributed by atoms with van der Waals surface area (Å²) in [4.78, 5) is 2.72. The summed E-state index contributed by atoms with van der Waals surface area (Å²) < 4.78 is 1.32. The summed E-state index contributed by atoms with van der Waals surface area (Å²) in [5.74, 6) is 1.59. The largest absolute Gasteiger partial charge is 0.308 e. The van der Waals surface area contributed by atoms with Crippen molar-refractivity contribution in [1.29, 1.82) is 0 Å². The Labute approximate surface area is 142 Å². The lowest BCUT2D eigenvalue weighted by atomic mass is 9.88. The fourth-order valence-electron chi connectivity index (χ4n) is 3.71. The van der Waals surface area contributed by atoms with E-state index in [1.807, 2.05) is 0 Å². The predicted octanol–water partition coefficient (Wildman–Crippen LogP) is 3.89. The fraction of sp³-hybridized carbons (Fsp3) is 0.667. The highest BCUT2D eigenvalue weighted by atomic mass is 127. The summed E-state index contributed by atoms with van der Waals surface area (Å²) in [6.07, 6.45) is 2.82. The molecule has 116 valence electrons. The first-order valence-corrected chi connectivity index (χ1v) is 9.29. The summed E-state index contributed by atoms with van der Waals surface area (Å²) >= 11 is 2.38. The summed E-state index contributed by atoms with van der Waals surface area (Å²) in [6, 6.07) is 9.67. The third-order valence-electron chi connectivity index (χ3n) is 5.26. The van der Waals surface area contributed by atoms with Gasteiger partial charge in [0.05, 0.1) is 0 Å². The van der Waals surface area contributed by atoms with E-state index in [-0.39, 0.29) is 0 Å². The Bertz CT molecular complexity index is 480. The summed E-state index contributed by atoms with van der Waals surface area (Å²) in [5, 5.41) is 3.87. The van der Waals surface area contributed by atoms with Crippen molar-refractivity contribution in [1.82, 2.24) is 10.2 Å². The van der Waals surface area contributed by atoms with E-state index < -0.39 is 0 Å². The zero-order valence-electron chi connectivity index (χ0n) is 13.4. The quantitative estimate of drug-likeness (QED) is 0.775. The molecule has 1 aliphatic heterocycles. The molecule has 0 aromatic heterocycles. The number of hydrogen-bond acceptors (Lipinski definition) is 2. The molecule has 1 heterocycles. The van der Waals surface area contributed by atoms with E-state index >= 15 is 0 Å². The lowest BCUT2D eigenvalue weighted by molar-refractivity contribution is 0.0462. The van der Waals surface area contributed by atoms with Gasteiger partial charge in [0.1, 0.15) is 0 Å². The van der Waals surface area contributed by atoms with Gasteiger partial charge in [0.2, 0.25) is 0 Å². The van der Waals surface area contributed by atoms with Crippen LogP contribution in [0.25, 0.3) is 0 Å². The molecule has 1 aromatic carbocycles. The van der Waals surface area contributed by atoms with Gasteiger partial charge in [-0.2, -0.15) is 0 Å². The summed E-state index contributed by atoms with van der Waals surface area (Å²) in [7, 11) is 0. The molecule has 0 amide bonds. The van der Waals surface area contributed by atoms with E-state index in [1.54, 1.807) is 0 Å². The van der Waals surface area contributed by atoms with Crippen molar-refractivity contribution in [3.05, 3.63) is 33.4 Å². The normalized spacial score (nSPS) is 30.8. The van der Waals surface area contributed by atoms with Gasteiger partial charge in [0.25, 0.3) is 0 Å². The van der Waals surface area contributed by atoms with Crippen LogP contribution in [0.4, 0.5) is 0 Å². The van der Waals surface area contributed by atoms with Crippen molar-refractivity contribution in [2.24, 2.45) is 11.8 Å². The molecule has 2 atom stereocenters. The highest BCUT2D eigenvalue weighted by Crippen LogP contribution is 2.42. The maximum absolute atomic E-state index is 3.87. The molecule has 1 N–H and O–H groups in total. The van der Waals surface area contributed by atoms with Crippen LogP contribution in [0.2, 0.25) is 0 Å². The monoisotopic (exact) mass is 398 g/mol. The van der Waals surface area contributed by atoms with Crippen molar-refractivity contribution in [2.75, 3.05) is 13.1 Å². The van der Waals surface area contributed by atoms with E-state index in [9.17, 15) is 0 Å². The Morgan fingerprint density at radius 2 is 1.95 bits per heavy atom. The molecule has 2 unspecified atom stereocenters. The Morgan fingerprint density at radius 1 is 1.29 bits per heavy atom. The molecule has 0 spiro atoms. The van der Waals surface area contributed by atoms with E-state index in [2.05, 4.69) is 77.8 Å². The van der Waals surface area contributed by atoms with Crippen LogP contribution in [0, 0.1) is 15.4 Å². The fourth-order valence-corrected chi connectivity index (χ4v) is 4.07. The van der Waals surface area contributed by atoms with Crippen LogP contribution in [0.1, 0.15) is 39.2 Å². The van der Waals surface area contributed by atoms with Gasteiger partial charge >= 0.3 is 0 Å². The van der Waals surface area contributed by atoms with Crippen LogP contribution in [-0.4, -0.2) is 29.6 Å². The minimum absolute atomic E-state index is 0.328. The van der Waals surface area contributed by atoms with Gasteiger partial charge in [-0.05, 0) is 71.9 Å². The van der Waals surface area contributed by atoms with Gasteiger partial charge in [-0.25, -0.2) is 0 Å². The number of piperazine rings is 1. The lowest BCUT2D eigenvalue weighted by Crippen LogP contribution is -2.64. The number of nitrogens with one attached hydrogen (secondary N) is 1. The number of rotatable bonds is 4. The third-order valence-corrected chi connectivity index (χ3v) is 5.98. The van der Waals surface area contributed by atoms with Crippen molar-refractivity contribution in [2.45, 2.75) is 51.7 Å². The maximum Gasteiger partial charge on any atom is 0.0309 e. The van der Waals surface area contributed by atoms with Gasteiger partial charge in [-0.15, -0.1) is 0 Å². The average Bonchev–Trinajstić information content (AvgIpc) is 3.26. The van der Waals surface area contributed by atoms with E-state index in [0.717, 1.165) is 19.0 Å². The second-order valence-corrected chi connectivity index (χ2v) is 8.66. The summed E-state index contributed by atoms with van der Waals surface area (Å²) in [5.41, 5.74) is 1.77. The Morgan fingerprint density at radius 3 is 2.52 bits per heavy atom. The topological polar surface area (TPSA) is 15.3 Å². The molecule has 1 aromatic rings. The standard InChI is InChI=1S/C18H27IN2/c1-13(2)17-10-20-18(3,15-6-7-15)12-21(17)11-14-4-8-16(19)9-5-14/h4-5,8-9,13,15,17,20H,6-7,10-12H2,1-3H3. The first-order valence-electron chi connectivity index (χ1n) is 8.21. The van der Waals surface area contributed by atoms with E-state index in [1.165, 1.54) is 28.5 Å². The van der Waals surface area contributed by atoms with Crippen LogP contribution in [0.15, 0.2) is 24.3 Å². The predicted molar refractivity (Wildman–Crippen MR) is 97.3 cm³/mol. The molecule has 3 heteroatoms. The maximum atomic E-state index is 3.87. The van der Waals surface area contributed by atoms with Gasteiger partial charge in [-0.3, -0.25) is 4.90 Å². The van der Waals surface area contributed by atoms with Crippen LogP contribution >= 0.6 is 22.6 Å². The molecule has 2 aliphatic rings. The minimum atomic E-state index is 0.328. The highest BCUT2D eigenvalue weighted by molar-refractivity contribution is 14.1. The van der Waals surface area contributed by atoms with Crippen LogP contribution in [-0.2, 0) is 6.54 Å². The summed E-state index contributed by atoms with van der Waals surface area (Å²) in [6.45, 7) is 10.5. The number of nitrogens with zero attached hydrogens (tertiary/aromatic N) is 1. The molecule has 0 bridgehead atoms. The highest BCUT2D eigenvalue weighted by Gasteiger charge is 2.46. The molecule has 2 fully saturated rings. The average molecular weight is 398 g/mol. The van der Waals surface area contributed by atoms with Gasteiger partial charge in [0.15, 0.2) is 0 Å². The van der Waals surface area contributed by atoms with Crippen molar-refractivity contribution < 1.29 is 0 Å². The molecule has 21 heavy (non-hydrogen) atoms. The molecule has 1 aliphatic carbocycles. The molecule has 0 radical (unpaired) electrons. The van der Waals surface area contributed by atoms with Crippen LogP contribution in [0.5, 0.6) is 0 Å². The lowest BCUT2D eigenvalue weighted by Gasteiger charge is -2.48. The SMILES string of the molecule is CC(C)C1CNC(C)(C2CC2)CN1Cc1ccc(I)cc1. The second-order valence-electron chi connectivity index (χ2n) is 7.42. The van der Waals surface area contributed by atoms with Crippen molar-refractivity contribution in [3.63, 3.8) is 0 Å². The Kier molecular flexibility index (Phi) is 4.63. The van der Waals surface area contributed by atoms with Gasteiger partial charge in [0, 0.05) is 34.8 Å². The molecule has 3 rings (SSSR count). The number of benzene rings is 1. The molecular formula is C18H27IN2. The van der Waals surface area contributed by atoms with Gasteiger partial charge in [-0.1, -0.05) is 26.0 Å². The second kappa shape index (κ2) is 6.17. The zero-order valence-corrected chi connectivity index (χ0v) is 15.6. The zero-order chi connectivity index (χ0) is 15.0. The Hall–Kier alpha value is -0.130. The first-order chi connectivity index (χ1) is 9.98. The van der Waals surface area contributed by atoms with Gasteiger partial charge < -0.3 is 5.32 Å². The smallest absolute Gasteiger partial charge is 0.0309 e. The minimum Gasteiger partial charge on any atom is -0.308 e. The van der Waals surface area contributed by atoms with Crippen LogP contribution < -0.4 is 5.32 Å². The van der Waals surface area contributed by atoms with E-state index in [4.69, 9.17) is 0 Å². The molecule has 2 nitrogen and oxygen atoms in total.